The van der Waals surface area contributed by atoms with Gasteiger partial charge in [0.25, 0.3) is 0 Å². The predicted octanol–water partition coefficient (Wildman–Crippen LogP) is 1.26. The first-order valence-electron chi connectivity index (χ1n) is 9.12. The van der Waals surface area contributed by atoms with Crippen LogP contribution >= 0.6 is 0 Å². The van der Waals surface area contributed by atoms with E-state index in [2.05, 4.69) is 5.32 Å². The maximum atomic E-state index is 12.6. The molecule has 0 bridgehead atoms. The maximum Gasteiger partial charge on any atom is 0.330 e. The number of rotatable bonds is 4. The molecular formula is C19H25N3O5. The molecule has 1 fully saturated rings. The summed E-state index contributed by atoms with van der Waals surface area (Å²) < 4.78 is 5.45. The molecule has 27 heavy (non-hydrogen) atoms. The Labute approximate surface area is 158 Å². The molecule has 2 aliphatic rings. The van der Waals surface area contributed by atoms with E-state index in [9.17, 15) is 19.5 Å². The molecule has 2 heterocycles. The third kappa shape index (κ3) is 4.15. The number of carboxylic acids is 1. The Morgan fingerprint density at radius 2 is 1.96 bits per heavy atom. The van der Waals surface area contributed by atoms with Crippen molar-refractivity contribution in [3.63, 3.8) is 0 Å². The van der Waals surface area contributed by atoms with Gasteiger partial charge in [-0.15, -0.1) is 0 Å². The first-order chi connectivity index (χ1) is 12.9. The lowest BCUT2D eigenvalue weighted by Crippen LogP contribution is -2.47. The molecule has 2 aliphatic heterocycles. The number of hydrogen-bond donors (Lipinski definition) is 2. The Hall–Kier alpha value is -2.77. The number of carbonyl (C=O) groups is 3. The van der Waals surface area contributed by atoms with Crippen LogP contribution in [0.25, 0.3) is 0 Å². The van der Waals surface area contributed by atoms with Crippen LogP contribution in [0, 0.1) is 5.92 Å². The third-order valence-corrected chi connectivity index (χ3v) is 5.10. The summed E-state index contributed by atoms with van der Waals surface area (Å²) in [4.78, 5) is 39.6. The second-order valence-corrected chi connectivity index (χ2v) is 7.18. The van der Waals surface area contributed by atoms with Crippen molar-refractivity contribution in [2.24, 2.45) is 5.92 Å². The zero-order valence-electron chi connectivity index (χ0n) is 15.6. The lowest BCUT2D eigenvalue weighted by Gasteiger charge is -2.33. The summed E-state index contributed by atoms with van der Waals surface area (Å²) in [6.45, 7) is 1.57. The highest BCUT2D eigenvalue weighted by molar-refractivity contribution is 5.86. The van der Waals surface area contributed by atoms with Gasteiger partial charge in [-0.05, 0) is 36.1 Å². The molecule has 1 aromatic carbocycles. The summed E-state index contributed by atoms with van der Waals surface area (Å²) >= 11 is 0. The van der Waals surface area contributed by atoms with E-state index in [-0.39, 0.29) is 17.9 Å². The van der Waals surface area contributed by atoms with Crippen molar-refractivity contribution < 1.29 is 24.2 Å². The molecule has 146 valence electrons. The summed E-state index contributed by atoms with van der Waals surface area (Å²) in [5.74, 6) is -0.901. The zero-order chi connectivity index (χ0) is 19.6. The highest BCUT2D eigenvalue weighted by Crippen LogP contribution is 2.29. The summed E-state index contributed by atoms with van der Waals surface area (Å²) in [7, 11) is 3.39. The number of hydrogen-bond acceptors (Lipinski definition) is 4. The van der Waals surface area contributed by atoms with Gasteiger partial charge in [0.2, 0.25) is 5.91 Å². The monoisotopic (exact) mass is 375 g/mol. The molecule has 0 radical (unpaired) electrons. The number of likely N-dealkylation sites (tertiary alicyclic amines) is 1. The van der Waals surface area contributed by atoms with Gasteiger partial charge in [-0.25, -0.2) is 9.59 Å². The van der Waals surface area contributed by atoms with Gasteiger partial charge in [0, 0.05) is 39.5 Å². The van der Waals surface area contributed by atoms with Crippen LogP contribution in [0.2, 0.25) is 0 Å². The van der Waals surface area contributed by atoms with E-state index in [0.717, 1.165) is 17.7 Å². The molecule has 3 rings (SSSR count). The van der Waals surface area contributed by atoms with Crippen LogP contribution in [0.15, 0.2) is 18.2 Å². The fraction of sp³-hybridized carbons (Fsp3) is 0.526. The smallest absolute Gasteiger partial charge is 0.330 e. The number of carboxylic acid groups (broad SMARTS) is 1. The summed E-state index contributed by atoms with van der Waals surface area (Å²) in [6, 6.07) is 4.06. The standard InChI is InChI=1S/C19H25N3O5/c1-21(2)19(26)22-8-5-12(6-9-22)17(23)20-16(18(24)25)14-3-4-15-13(11-14)7-10-27-15/h3-4,11-12,16H,5-10H2,1-2H3,(H,20,23)(H,24,25). The van der Waals surface area contributed by atoms with Crippen molar-refractivity contribution >= 4 is 17.9 Å². The van der Waals surface area contributed by atoms with Crippen molar-refractivity contribution in [3.8, 4) is 5.75 Å². The molecular weight excluding hydrogens is 350 g/mol. The quantitative estimate of drug-likeness (QED) is 0.825. The number of nitrogens with one attached hydrogen (secondary N) is 1. The predicted molar refractivity (Wildman–Crippen MR) is 97.5 cm³/mol. The van der Waals surface area contributed by atoms with Gasteiger partial charge in [0.05, 0.1) is 6.61 Å². The van der Waals surface area contributed by atoms with Crippen LogP contribution in [0.1, 0.15) is 30.0 Å². The average molecular weight is 375 g/mol. The highest BCUT2D eigenvalue weighted by atomic mass is 16.5. The lowest BCUT2D eigenvalue weighted by atomic mass is 9.95. The lowest BCUT2D eigenvalue weighted by molar-refractivity contribution is -0.143. The van der Waals surface area contributed by atoms with Gasteiger partial charge < -0.3 is 25.0 Å². The number of benzene rings is 1. The van der Waals surface area contributed by atoms with Gasteiger partial charge in [-0.1, -0.05) is 6.07 Å². The molecule has 8 nitrogen and oxygen atoms in total. The first kappa shape index (κ1) is 19.0. The van der Waals surface area contributed by atoms with Gasteiger partial charge in [0.15, 0.2) is 6.04 Å². The second-order valence-electron chi connectivity index (χ2n) is 7.18. The molecule has 2 N–H and O–H groups in total. The van der Waals surface area contributed by atoms with E-state index >= 15 is 0 Å². The number of piperidine rings is 1. The van der Waals surface area contributed by atoms with Crippen LogP contribution in [0.3, 0.4) is 0 Å². The SMILES string of the molecule is CN(C)C(=O)N1CCC(C(=O)NC(C(=O)O)c2ccc3c(c2)CCO3)CC1. The van der Waals surface area contributed by atoms with Crippen LogP contribution < -0.4 is 10.1 Å². The minimum atomic E-state index is -1.09. The van der Waals surface area contributed by atoms with E-state index in [0.29, 0.717) is 38.1 Å². The number of amides is 3. The number of fused-ring (bicyclic) bond motifs is 1. The van der Waals surface area contributed by atoms with E-state index in [1.165, 1.54) is 4.90 Å². The number of ether oxygens (including phenoxy) is 1. The Bertz CT molecular complexity index is 741. The van der Waals surface area contributed by atoms with Crippen molar-refractivity contribution in [2.45, 2.75) is 25.3 Å². The molecule has 3 amide bonds. The molecule has 0 spiro atoms. The van der Waals surface area contributed by atoms with Crippen LogP contribution in [0.4, 0.5) is 4.79 Å². The second kappa shape index (κ2) is 7.85. The Kier molecular flexibility index (Phi) is 5.53. The van der Waals surface area contributed by atoms with E-state index in [4.69, 9.17) is 4.74 Å². The van der Waals surface area contributed by atoms with Crippen LogP contribution in [-0.2, 0) is 16.0 Å². The fourth-order valence-electron chi connectivity index (χ4n) is 3.55. The molecule has 1 saturated heterocycles. The zero-order valence-corrected chi connectivity index (χ0v) is 15.6. The maximum absolute atomic E-state index is 12.6. The first-order valence-corrected chi connectivity index (χ1v) is 9.12. The Balaban J connectivity index is 1.63. The molecule has 0 saturated carbocycles. The summed E-state index contributed by atoms with van der Waals surface area (Å²) in [6.07, 6.45) is 1.79. The number of urea groups is 1. The molecule has 8 heteroatoms. The molecule has 1 unspecified atom stereocenters. The largest absolute Gasteiger partial charge is 0.493 e. The van der Waals surface area contributed by atoms with Crippen molar-refractivity contribution in [3.05, 3.63) is 29.3 Å². The van der Waals surface area contributed by atoms with Gasteiger partial charge in [0.1, 0.15) is 5.75 Å². The molecule has 1 aromatic rings. The highest BCUT2D eigenvalue weighted by Gasteiger charge is 2.31. The Morgan fingerprint density at radius 1 is 1.26 bits per heavy atom. The van der Waals surface area contributed by atoms with E-state index in [1.807, 2.05) is 0 Å². The molecule has 0 aliphatic carbocycles. The van der Waals surface area contributed by atoms with Gasteiger partial charge in [-0.2, -0.15) is 0 Å². The fourth-order valence-corrected chi connectivity index (χ4v) is 3.55. The van der Waals surface area contributed by atoms with Gasteiger partial charge in [-0.3, -0.25) is 4.79 Å². The third-order valence-electron chi connectivity index (χ3n) is 5.10. The van der Waals surface area contributed by atoms with Crippen molar-refractivity contribution in [1.82, 2.24) is 15.1 Å². The number of aliphatic carboxylic acids is 1. The van der Waals surface area contributed by atoms with Crippen molar-refractivity contribution in [1.29, 1.82) is 0 Å². The normalized spacial score (nSPS) is 17.6. The average Bonchev–Trinajstić information content (AvgIpc) is 3.12. The number of nitrogens with zero attached hydrogens (tertiary/aromatic N) is 2. The van der Waals surface area contributed by atoms with E-state index < -0.39 is 12.0 Å². The van der Waals surface area contributed by atoms with Gasteiger partial charge >= 0.3 is 12.0 Å². The number of carbonyl (C=O) groups excluding carboxylic acids is 2. The van der Waals surface area contributed by atoms with Crippen molar-refractivity contribution in [2.75, 3.05) is 33.8 Å². The molecule has 0 aromatic heterocycles. The summed E-state index contributed by atoms with van der Waals surface area (Å²) in [5, 5.41) is 12.3. The summed E-state index contributed by atoms with van der Waals surface area (Å²) in [5.41, 5.74) is 1.50. The Morgan fingerprint density at radius 3 is 2.59 bits per heavy atom. The minimum absolute atomic E-state index is 0.0716. The van der Waals surface area contributed by atoms with Crippen LogP contribution in [-0.4, -0.2) is 66.6 Å². The minimum Gasteiger partial charge on any atom is -0.493 e. The topological polar surface area (TPSA) is 99.2 Å². The molecule has 1 atom stereocenters. The van der Waals surface area contributed by atoms with E-state index in [1.54, 1.807) is 37.2 Å². The van der Waals surface area contributed by atoms with Crippen LogP contribution in [0.5, 0.6) is 5.75 Å².